The van der Waals surface area contributed by atoms with Crippen LogP contribution < -0.4 is 5.32 Å². The Kier molecular flexibility index (Phi) is 5.48. The van der Waals surface area contributed by atoms with E-state index in [4.69, 9.17) is 0 Å². The molecule has 0 aliphatic heterocycles. The van der Waals surface area contributed by atoms with E-state index in [9.17, 15) is 8.78 Å². The molecule has 1 unspecified atom stereocenters. The van der Waals surface area contributed by atoms with Crippen LogP contribution in [-0.2, 0) is 6.42 Å². The molecule has 1 N–H and O–H groups in total. The first-order chi connectivity index (χ1) is 8.50. The van der Waals surface area contributed by atoms with Gasteiger partial charge in [-0.05, 0) is 37.1 Å². The molecule has 0 saturated heterocycles. The van der Waals surface area contributed by atoms with Gasteiger partial charge in [0.2, 0.25) is 0 Å². The summed E-state index contributed by atoms with van der Waals surface area (Å²) in [4.78, 5) is 0. The summed E-state index contributed by atoms with van der Waals surface area (Å²) >= 11 is 0. The molecule has 18 heavy (non-hydrogen) atoms. The number of nitrogens with one attached hydrogen (secondary N) is 1. The van der Waals surface area contributed by atoms with Gasteiger partial charge in [-0.15, -0.1) is 6.58 Å². The van der Waals surface area contributed by atoms with Crippen LogP contribution in [0.25, 0.3) is 0 Å². The zero-order valence-corrected chi connectivity index (χ0v) is 11.1. The van der Waals surface area contributed by atoms with Gasteiger partial charge in [-0.25, -0.2) is 8.78 Å². The number of halogens is 2. The van der Waals surface area contributed by atoms with Crippen LogP contribution in [-0.4, -0.2) is 13.1 Å². The van der Waals surface area contributed by atoms with Crippen molar-refractivity contribution < 1.29 is 8.78 Å². The molecule has 0 aliphatic carbocycles. The highest BCUT2D eigenvalue weighted by molar-refractivity contribution is 5.20. The zero-order valence-electron chi connectivity index (χ0n) is 11.1. The van der Waals surface area contributed by atoms with Crippen molar-refractivity contribution in [2.75, 3.05) is 13.1 Å². The molecule has 0 aromatic heterocycles. The number of rotatable bonds is 7. The minimum atomic E-state index is -0.803. The molecule has 0 spiro atoms. The summed E-state index contributed by atoms with van der Waals surface area (Å²) in [5.41, 5.74) is 0.633. The van der Waals surface area contributed by atoms with Crippen LogP contribution in [0.15, 0.2) is 30.9 Å². The molecule has 0 saturated carbocycles. The summed E-state index contributed by atoms with van der Waals surface area (Å²) in [6.45, 7) is 9.73. The minimum absolute atomic E-state index is 0.153. The van der Waals surface area contributed by atoms with Crippen LogP contribution in [0.4, 0.5) is 8.78 Å². The monoisotopic (exact) mass is 253 g/mol. The Morgan fingerprint density at radius 3 is 2.61 bits per heavy atom. The van der Waals surface area contributed by atoms with Crippen LogP contribution in [0.5, 0.6) is 0 Å². The number of benzene rings is 1. The molecule has 1 aromatic carbocycles. The van der Waals surface area contributed by atoms with E-state index in [1.807, 2.05) is 6.08 Å². The lowest BCUT2D eigenvalue weighted by Crippen LogP contribution is -2.32. The lowest BCUT2D eigenvalue weighted by atomic mass is 9.83. The second-order valence-corrected chi connectivity index (χ2v) is 4.96. The van der Waals surface area contributed by atoms with Gasteiger partial charge in [-0.1, -0.05) is 26.0 Å². The third-order valence-electron chi connectivity index (χ3n) is 3.04. The van der Waals surface area contributed by atoms with Gasteiger partial charge in [-0.2, -0.15) is 0 Å². The molecule has 1 atom stereocenters. The number of hydrogen-bond acceptors (Lipinski definition) is 1. The number of hydrogen-bond donors (Lipinski definition) is 1. The van der Waals surface area contributed by atoms with Gasteiger partial charge < -0.3 is 5.32 Å². The third-order valence-corrected chi connectivity index (χ3v) is 3.04. The molecule has 3 heteroatoms. The Labute approximate surface area is 108 Å². The summed E-state index contributed by atoms with van der Waals surface area (Å²) in [5, 5.41) is 3.33. The van der Waals surface area contributed by atoms with Crippen LogP contribution in [0.2, 0.25) is 0 Å². The average Bonchev–Trinajstić information content (AvgIpc) is 2.34. The lowest BCUT2D eigenvalue weighted by molar-refractivity contribution is 0.390. The van der Waals surface area contributed by atoms with E-state index in [0.717, 1.165) is 25.1 Å². The highest BCUT2D eigenvalue weighted by Crippen LogP contribution is 2.24. The molecule has 0 radical (unpaired) electrons. The molecule has 1 aromatic rings. The summed E-state index contributed by atoms with van der Waals surface area (Å²) in [5.74, 6) is -1.59. The van der Waals surface area contributed by atoms with Crippen molar-refractivity contribution in [3.8, 4) is 0 Å². The average molecular weight is 253 g/mol. The largest absolute Gasteiger partial charge is 0.316 e. The summed E-state index contributed by atoms with van der Waals surface area (Å²) in [6, 6.07) is 4.06. The van der Waals surface area contributed by atoms with E-state index >= 15 is 0 Å². The standard InChI is InChI=1S/C15H21F2N/c1-4-8-18-11-15(3,5-2)10-12-6-7-13(16)14(17)9-12/h5-7,9,18H,2,4,8,10-11H2,1,3H3. The normalized spacial score (nSPS) is 14.2. The maximum Gasteiger partial charge on any atom is 0.159 e. The highest BCUT2D eigenvalue weighted by atomic mass is 19.2. The summed E-state index contributed by atoms with van der Waals surface area (Å²) in [6.07, 6.45) is 3.58. The Hall–Kier alpha value is -1.22. The third kappa shape index (κ3) is 4.22. The molecule has 1 nitrogen and oxygen atoms in total. The van der Waals surface area contributed by atoms with Crippen LogP contribution in [0.3, 0.4) is 0 Å². The van der Waals surface area contributed by atoms with Gasteiger partial charge in [0.15, 0.2) is 11.6 Å². The quantitative estimate of drug-likeness (QED) is 0.577. The Bertz CT molecular complexity index is 403. The first-order valence-electron chi connectivity index (χ1n) is 6.29. The Balaban J connectivity index is 2.71. The van der Waals surface area contributed by atoms with Crippen LogP contribution >= 0.6 is 0 Å². The SMILES string of the molecule is C=CC(C)(CNCCC)Cc1ccc(F)c(F)c1. The van der Waals surface area contributed by atoms with Crippen molar-refractivity contribution in [1.29, 1.82) is 0 Å². The first-order valence-corrected chi connectivity index (χ1v) is 6.29. The predicted molar refractivity (Wildman–Crippen MR) is 71.5 cm³/mol. The van der Waals surface area contributed by atoms with Gasteiger partial charge in [-0.3, -0.25) is 0 Å². The van der Waals surface area contributed by atoms with E-state index in [0.29, 0.717) is 6.42 Å². The van der Waals surface area contributed by atoms with Gasteiger partial charge in [0.1, 0.15) is 0 Å². The molecular formula is C15H21F2N. The second kappa shape index (κ2) is 6.64. The Morgan fingerprint density at radius 1 is 1.33 bits per heavy atom. The van der Waals surface area contributed by atoms with E-state index in [1.165, 1.54) is 12.1 Å². The molecule has 1 rings (SSSR count). The van der Waals surface area contributed by atoms with Crippen molar-refractivity contribution in [3.05, 3.63) is 48.1 Å². The fraction of sp³-hybridized carbons (Fsp3) is 0.467. The predicted octanol–water partition coefficient (Wildman–Crippen LogP) is 3.70. The van der Waals surface area contributed by atoms with Gasteiger partial charge in [0.05, 0.1) is 0 Å². The Morgan fingerprint density at radius 2 is 2.06 bits per heavy atom. The van der Waals surface area contributed by atoms with Gasteiger partial charge >= 0.3 is 0 Å². The van der Waals surface area contributed by atoms with Crippen molar-refractivity contribution in [2.45, 2.75) is 26.7 Å². The van der Waals surface area contributed by atoms with Gasteiger partial charge in [0.25, 0.3) is 0 Å². The molecule has 100 valence electrons. The smallest absolute Gasteiger partial charge is 0.159 e. The fourth-order valence-electron chi connectivity index (χ4n) is 1.87. The highest BCUT2D eigenvalue weighted by Gasteiger charge is 2.20. The minimum Gasteiger partial charge on any atom is -0.316 e. The molecule has 0 aliphatic rings. The summed E-state index contributed by atoms with van der Waals surface area (Å²) < 4.78 is 26.0. The van der Waals surface area contributed by atoms with E-state index in [-0.39, 0.29) is 5.41 Å². The van der Waals surface area contributed by atoms with E-state index in [1.54, 1.807) is 6.07 Å². The van der Waals surface area contributed by atoms with Crippen LogP contribution in [0.1, 0.15) is 25.8 Å². The molecule has 0 fully saturated rings. The zero-order chi connectivity index (χ0) is 13.6. The maximum atomic E-state index is 13.1. The maximum absolute atomic E-state index is 13.1. The van der Waals surface area contributed by atoms with Crippen molar-refractivity contribution in [1.82, 2.24) is 5.32 Å². The topological polar surface area (TPSA) is 12.0 Å². The van der Waals surface area contributed by atoms with Crippen molar-refractivity contribution >= 4 is 0 Å². The lowest BCUT2D eigenvalue weighted by Gasteiger charge is -2.26. The fourth-order valence-corrected chi connectivity index (χ4v) is 1.87. The molecule has 0 heterocycles. The van der Waals surface area contributed by atoms with Crippen molar-refractivity contribution in [2.24, 2.45) is 5.41 Å². The van der Waals surface area contributed by atoms with Crippen molar-refractivity contribution in [3.63, 3.8) is 0 Å². The second-order valence-electron chi connectivity index (χ2n) is 4.96. The first kappa shape index (κ1) is 14.8. The van der Waals surface area contributed by atoms with E-state index < -0.39 is 11.6 Å². The van der Waals surface area contributed by atoms with Gasteiger partial charge in [0, 0.05) is 12.0 Å². The van der Waals surface area contributed by atoms with Crippen LogP contribution in [0, 0.1) is 17.0 Å². The molecule has 0 bridgehead atoms. The molecular weight excluding hydrogens is 232 g/mol. The molecule has 0 amide bonds. The summed E-state index contributed by atoms with van der Waals surface area (Å²) in [7, 11) is 0. The van der Waals surface area contributed by atoms with E-state index in [2.05, 4.69) is 25.7 Å².